The Balaban J connectivity index is 1.80. The number of amides is 1. The SMILES string of the molecule is CC(C=NNC(=O)CNc1ccc(F)cc1)=Cc1ccc(C(C)C)cc1. The van der Waals surface area contributed by atoms with Gasteiger partial charge in [0.15, 0.2) is 0 Å². The Labute approximate surface area is 153 Å². The maximum absolute atomic E-state index is 12.8. The summed E-state index contributed by atoms with van der Waals surface area (Å²) >= 11 is 0. The van der Waals surface area contributed by atoms with E-state index in [2.05, 4.69) is 54.0 Å². The zero-order chi connectivity index (χ0) is 18.9. The van der Waals surface area contributed by atoms with Gasteiger partial charge in [0.25, 0.3) is 5.91 Å². The number of benzene rings is 2. The number of halogens is 1. The minimum Gasteiger partial charge on any atom is -0.376 e. The fourth-order valence-electron chi connectivity index (χ4n) is 2.27. The highest BCUT2D eigenvalue weighted by molar-refractivity contribution is 5.87. The zero-order valence-corrected chi connectivity index (χ0v) is 15.3. The van der Waals surface area contributed by atoms with Gasteiger partial charge in [-0.15, -0.1) is 0 Å². The fourth-order valence-corrected chi connectivity index (χ4v) is 2.27. The first-order valence-corrected chi connectivity index (χ1v) is 8.53. The molecule has 0 saturated carbocycles. The second-order valence-electron chi connectivity index (χ2n) is 6.36. The van der Waals surface area contributed by atoms with Gasteiger partial charge in [0, 0.05) is 5.69 Å². The van der Waals surface area contributed by atoms with E-state index in [9.17, 15) is 9.18 Å². The molecule has 2 aromatic rings. The molecule has 0 aliphatic heterocycles. The summed E-state index contributed by atoms with van der Waals surface area (Å²) < 4.78 is 12.8. The fraction of sp³-hybridized carbons (Fsp3) is 0.238. The summed E-state index contributed by atoms with van der Waals surface area (Å²) in [6, 6.07) is 14.2. The third kappa shape index (κ3) is 6.51. The zero-order valence-electron chi connectivity index (χ0n) is 15.3. The first-order chi connectivity index (χ1) is 12.4. The van der Waals surface area contributed by atoms with Crippen molar-refractivity contribution in [2.45, 2.75) is 26.7 Å². The third-order valence-electron chi connectivity index (χ3n) is 3.75. The number of hydrogen-bond donors (Lipinski definition) is 2. The molecule has 2 N–H and O–H groups in total. The summed E-state index contributed by atoms with van der Waals surface area (Å²) in [7, 11) is 0. The van der Waals surface area contributed by atoms with Gasteiger partial charge >= 0.3 is 0 Å². The predicted molar refractivity (Wildman–Crippen MR) is 106 cm³/mol. The van der Waals surface area contributed by atoms with Crippen molar-refractivity contribution in [1.29, 1.82) is 0 Å². The van der Waals surface area contributed by atoms with Crippen LogP contribution in [0.5, 0.6) is 0 Å². The summed E-state index contributed by atoms with van der Waals surface area (Å²) in [5.74, 6) is -0.0835. The van der Waals surface area contributed by atoms with E-state index in [1.165, 1.54) is 17.7 Å². The maximum Gasteiger partial charge on any atom is 0.259 e. The lowest BCUT2D eigenvalue weighted by molar-refractivity contribution is -0.119. The van der Waals surface area contributed by atoms with Crippen LogP contribution in [-0.2, 0) is 4.79 Å². The van der Waals surface area contributed by atoms with Crippen LogP contribution in [0, 0.1) is 5.82 Å². The highest BCUT2D eigenvalue weighted by atomic mass is 19.1. The molecule has 0 aliphatic rings. The Bertz CT molecular complexity index is 778. The van der Waals surface area contributed by atoms with Crippen molar-refractivity contribution in [3.63, 3.8) is 0 Å². The molecule has 2 rings (SSSR count). The van der Waals surface area contributed by atoms with Gasteiger partial charge in [0.2, 0.25) is 0 Å². The van der Waals surface area contributed by atoms with Gasteiger partial charge in [-0.1, -0.05) is 44.2 Å². The van der Waals surface area contributed by atoms with Crippen molar-refractivity contribution in [3.05, 3.63) is 71.0 Å². The molecule has 0 unspecified atom stereocenters. The molecule has 0 aliphatic carbocycles. The molecule has 5 heteroatoms. The second-order valence-corrected chi connectivity index (χ2v) is 6.36. The first-order valence-electron chi connectivity index (χ1n) is 8.53. The van der Waals surface area contributed by atoms with E-state index < -0.39 is 0 Å². The van der Waals surface area contributed by atoms with Crippen LogP contribution in [0.4, 0.5) is 10.1 Å². The third-order valence-corrected chi connectivity index (χ3v) is 3.75. The van der Waals surface area contributed by atoms with Crippen molar-refractivity contribution >= 4 is 23.9 Å². The number of nitrogens with one attached hydrogen (secondary N) is 2. The largest absolute Gasteiger partial charge is 0.376 e. The van der Waals surface area contributed by atoms with Crippen molar-refractivity contribution < 1.29 is 9.18 Å². The molecular weight excluding hydrogens is 329 g/mol. The molecule has 0 bridgehead atoms. The molecule has 0 atom stereocenters. The van der Waals surface area contributed by atoms with E-state index in [1.54, 1.807) is 18.3 Å². The maximum atomic E-state index is 12.8. The number of rotatable bonds is 7. The number of nitrogens with zero attached hydrogens (tertiary/aromatic N) is 1. The Morgan fingerprint density at radius 3 is 2.38 bits per heavy atom. The monoisotopic (exact) mass is 353 g/mol. The Morgan fingerprint density at radius 1 is 1.12 bits per heavy atom. The predicted octanol–water partition coefficient (Wildman–Crippen LogP) is 4.57. The number of carbonyl (C=O) groups is 1. The van der Waals surface area contributed by atoms with Crippen molar-refractivity contribution in [3.8, 4) is 0 Å². The molecule has 0 fully saturated rings. The average Bonchev–Trinajstić information content (AvgIpc) is 2.61. The lowest BCUT2D eigenvalue weighted by Gasteiger charge is -2.05. The number of carbonyl (C=O) groups excluding carboxylic acids is 1. The Kier molecular flexibility index (Phi) is 7.09. The molecule has 4 nitrogen and oxygen atoms in total. The number of allylic oxidation sites excluding steroid dienone is 1. The van der Waals surface area contributed by atoms with E-state index in [-0.39, 0.29) is 18.3 Å². The van der Waals surface area contributed by atoms with Crippen LogP contribution >= 0.6 is 0 Å². The Hall–Kier alpha value is -2.95. The molecule has 2 aromatic carbocycles. The molecule has 0 radical (unpaired) electrons. The topological polar surface area (TPSA) is 53.5 Å². The highest BCUT2D eigenvalue weighted by Gasteiger charge is 2.00. The standard InChI is InChI=1S/C21H24FN3O/c1-15(2)18-6-4-17(5-7-18)12-16(3)13-24-25-21(26)14-23-20-10-8-19(22)9-11-20/h4-13,15,23H,14H2,1-3H3,(H,25,26). The van der Waals surface area contributed by atoms with Crippen molar-refractivity contribution in [1.82, 2.24) is 5.43 Å². The summed E-state index contributed by atoms with van der Waals surface area (Å²) in [6.07, 6.45) is 3.60. The average molecular weight is 353 g/mol. The summed E-state index contributed by atoms with van der Waals surface area (Å²) in [4.78, 5) is 11.7. The van der Waals surface area contributed by atoms with Gasteiger partial charge in [0.05, 0.1) is 12.8 Å². The van der Waals surface area contributed by atoms with Gasteiger partial charge in [-0.25, -0.2) is 9.82 Å². The molecule has 0 aromatic heterocycles. The van der Waals surface area contributed by atoms with E-state index in [4.69, 9.17) is 0 Å². The van der Waals surface area contributed by atoms with Crippen LogP contribution in [0.1, 0.15) is 37.8 Å². The van der Waals surface area contributed by atoms with Crippen LogP contribution in [0.2, 0.25) is 0 Å². The van der Waals surface area contributed by atoms with Crippen molar-refractivity contribution in [2.24, 2.45) is 5.10 Å². The lowest BCUT2D eigenvalue weighted by Crippen LogP contribution is -2.25. The van der Waals surface area contributed by atoms with Gasteiger partial charge in [0.1, 0.15) is 5.82 Å². The van der Waals surface area contributed by atoms with Crippen LogP contribution in [-0.4, -0.2) is 18.7 Å². The van der Waals surface area contributed by atoms with Crippen LogP contribution < -0.4 is 10.7 Å². The quantitative estimate of drug-likeness (QED) is 0.566. The van der Waals surface area contributed by atoms with Gasteiger partial charge in [-0.2, -0.15) is 5.10 Å². The minimum absolute atomic E-state index is 0.0579. The molecule has 0 heterocycles. The molecule has 136 valence electrons. The summed E-state index contributed by atoms with van der Waals surface area (Å²) in [5, 5.41) is 6.84. The normalized spacial score (nSPS) is 11.8. The van der Waals surface area contributed by atoms with Crippen LogP contribution in [0.15, 0.2) is 59.2 Å². The number of anilines is 1. The minimum atomic E-state index is -0.314. The van der Waals surface area contributed by atoms with E-state index >= 15 is 0 Å². The number of hydrogen-bond acceptors (Lipinski definition) is 3. The smallest absolute Gasteiger partial charge is 0.259 e. The molecular formula is C21H24FN3O. The highest BCUT2D eigenvalue weighted by Crippen LogP contribution is 2.16. The molecule has 1 amide bonds. The van der Waals surface area contributed by atoms with E-state index in [0.29, 0.717) is 11.6 Å². The summed E-state index contributed by atoms with van der Waals surface area (Å²) in [6.45, 7) is 6.30. The lowest BCUT2D eigenvalue weighted by atomic mass is 10.0. The molecule has 0 spiro atoms. The first kappa shape index (κ1) is 19.4. The van der Waals surface area contributed by atoms with Crippen LogP contribution in [0.25, 0.3) is 6.08 Å². The second kappa shape index (κ2) is 9.51. The van der Waals surface area contributed by atoms with Crippen LogP contribution in [0.3, 0.4) is 0 Å². The van der Waals surface area contributed by atoms with Gasteiger partial charge in [-0.3, -0.25) is 4.79 Å². The Morgan fingerprint density at radius 2 is 1.77 bits per heavy atom. The summed E-state index contributed by atoms with van der Waals surface area (Å²) in [5.41, 5.74) is 6.44. The molecule has 0 saturated heterocycles. The van der Waals surface area contributed by atoms with E-state index in [0.717, 1.165) is 11.1 Å². The van der Waals surface area contributed by atoms with Gasteiger partial charge in [-0.05, 0) is 53.8 Å². The molecule has 26 heavy (non-hydrogen) atoms. The van der Waals surface area contributed by atoms with Gasteiger partial charge < -0.3 is 5.32 Å². The number of hydrazone groups is 1. The van der Waals surface area contributed by atoms with Crippen molar-refractivity contribution in [2.75, 3.05) is 11.9 Å². The van der Waals surface area contributed by atoms with E-state index in [1.807, 2.05) is 13.0 Å².